The number of carbonyl (C=O) groups excluding carboxylic acids is 1. The van der Waals surface area contributed by atoms with Gasteiger partial charge in [-0.25, -0.2) is 0 Å². The van der Waals surface area contributed by atoms with Gasteiger partial charge in [0.05, 0.1) is 21.3 Å². The standard InChI is InChI=1S/C20H28N2O4S.ClH/c1-24-15-11-14-17(12-16(15)25-2)27-19(18(14)26-3)20(23)22-10-9-21-13-7-5-4-6-8-13;/h11-13,21H,4-10H2,1-3H3,(H,22,23);1H. The molecule has 0 saturated heterocycles. The fourth-order valence-corrected chi connectivity index (χ4v) is 4.69. The Labute approximate surface area is 176 Å². The van der Waals surface area contributed by atoms with Crippen LogP contribution >= 0.6 is 23.7 Å². The number of fused-ring (bicyclic) bond motifs is 1. The first-order valence-electron chi connectivity index (χ1n) is 9.42. The molecule has 2 N–H and O–H groups in total. The monoisotopic (exact) mass is 428 g/mol. The fraction of sp³-hybridized carbons (Fsp3) is 0.550. The van der Waals surface area contributed by atoms with E-state index in [1.54, 1.807) is 21.3 Å². The maximum absolute atomic E-state index is 12.7. The molecule has 1 aliphatic carbocycles. The predicted molar refractivity (Wildman–Crippen MR) is 116 cm³/mol. The van der Waals surface area contributed by atoms with E-state index in [0.29, 0.717) is 34.7 Å². The summed E-state index contributed by atoms with van der Waals surface area (Å²) in [6.45, 7) is 1.38. The summed E-state index contributed by atoms with van der Waals surface area (Å²) in [4.78, 5) is 13.3. The van der Waals surface area contributed by atoms with Crippen LogP contribution in [0.2, 0.25) is 0 Å². The highest BCUT2D eigenvalue weighted by Crippen LogP contribution is 2.43. The van der Waals surface area contributed by atoms with Gasteiger partial charge in [-0.15, -0.1) is 23.7 Å². The maximum atomic E-state index is 12.7. The van der Waals surface area contributed by atoms with Crippen LogP contribution in [-0.2, 0) is 0 Å². The van der Waals surface area contributed by atoms with Gasteiger partial charge in [-0.05, 0) is 18.9 Å². The molecule has 3 rings (SSSR count). The van der Waals surface area contributed by atoms with E-state index < -0.39 is 0 Å². The van der Waals surface area contributed by atoms with Crippen LogP contribution in [-0.4, -0.2) is 46.4 Å². The molecule has 156 valence electrons. The number of methoxy groups -OCH3 is 3. The van der Waals surface area contributed by atoms with Crippen molar-refractivity contribution >= 4 is 39.7 Å². The summed E-state index contributed by atoms with van der Waals surface area (Å²) in [5, 5.41) is 7.39. The van der Waals surface area contributed by atoms with Crippen molar-refractivity contribution in [2.45, 2.75) is 38.1 Å². The lowest BCUT2D eigenvalue weighted by molar-refractivity contribution is 0.0955. The Hall–Kier alpha value is -1.70. The zero-order chi connectivity index (χ0) is 19.2. The smallest absolute Gasteiger partial charge is 0.265 e. The van der Waals surface area contributed by atoms with Crippen molar-refractivity contribution in [2.75, 3.05) is 34.4 Å². The first kappa shape index (κ1) is 22.6. The molecule has 0 spiro atoms. The summed E-state index contributed by atoms with van der Waals surface area (Å²) in [6, 6.07) is 4.32. The minimum Gasteiger partial charge on any atom is -0.494 e. The number of benzene rings is 1. The van der Waals surface area contributed by atoms with Crippen molar-refractivity contribution in [3.63, 3.8) is 0 Å². The molecule has 6 nitrogen and oxygen atoms in total. The van der Waals surface area contributed by atoms with Gasteiger partial charge in [0.1, 0.15) is 10.6 Å². The van der Waals surface area contributed by atoms with Crippen molar-refractivity contribution in [1.82, 2.24) is 10.6 Å². The number of carbonyl (C=O) groups is 1. The Kier molecular flexibility index (Phi) is 8.66. The van der Waals surface area contributed by atoms with E-state index in [2.05, 4.69) is 10.6 Å². The highest BCUT2D eigenvalue weighted by molar-refractivity contribution is 7.21. The van der Waals surface area contributed by atoms with Gasteiger partial charge in [-0.1, -0.05) is 19.3 Å². The molecular formula is C20H29ClN2O4S. The molecule has 2 aromatic rings. The Morgan fingerprint density at radius 2 is 1.71 bits per heavy atom. The third-order valence-corrected chi connectivity index (χ3v) is 6.14. The number of amides is 1. The lowest BCUT2D eigenvalue weighted by Gasteiger charge is -2.22. The van der Waals surface area contributed by atoms with Crippen LogP contribution in [0.1, 0.15) is 41.8 Å². The summed E-state index contributed by atoms with van der Waals surface area (Å²) in [7, 11) is 4.77. The minimum absolute atomic E-state index is 0. The molecule has 0 atom stereocenters. The Morgan fingerprint density at radius 1 is 1.04 bits per heavy atom. The molecule has 1 heterocycles. The summed E-state index contributed by atoms with van der Waals surface area (Å²) in [5.41, 5.74) is 0. The summed E-state index contributed by atoms with van der Waals surface area (Å²) < 4.78 is 17.2. The van der Waals surface area contributed by atoms with Crippen LogP contribution in [0.25, 0.3) is 10.1 Å². The first-order valence-corrected chi connectivity index (χ1v) is 10.2. The SMILES string of the molecule is COc1cc2sc(C(=O)NCCNC3CCCCC3)c(OC)c2cc1OC.Cl. The number of hydrogen-bond acceptors (Lipinski definition) is 6. The van der Waals surface area contributed by atoms with E-state index in [0.717, 1.165) is 16.6 Å². The normalized spacial score (nSPS) is 14.4. The second-order valence-electron chi connectivity index (χ2n) is 6.71. The van der Waals surface area contributed by atoms with Crippen LogP contribution in [0.15, 0.2) is 12.1 Å². The summed E-state index contributed by atoms with van der Waals surface area (Å²) >= 11 is 1.40. The average Bonchev–Trinajstić information content (AvgIpc) is 3.08. The lowest BCUT2D eigenvalue weighted by Crippen LogP contribution is -2.37. The quantitative estimate of drug-likeness (QED) is 0.622. The van der Waals surface area contributed by atoms with Crippen LogP contribution in [0.3, 0.4) is 0 Å². The van der Waals surface area contributed by atoms with E-state index in [-0.39, 0.29) is 18.3 Å². The number of rotatable bonds is 8. The highest BCUT2D eigenvalue weighted by Gasteiger charge is 2.21. The Bertz CT molecular complexity index is 790. The van der Waals surface area contributed by atoms with Gasteiger partial charge >= 0.3 is 0 Å². The summed E-state index contributed by atoms with van der Waals surface area (Å²) in [5.74, 6) is 1.72. The number of ether oxygens (including phenoxy) is 3. The number of thiophene rings is 1. The second kappa shape index (κ2) is 10.7. The molecule has 1 amide bonds. The molecule has 1 aromatic heterocycles. The number of halogens is 1. The lowest BCUT2D eigenvalue weighted by atomic mass is 9.95. The van der Waals surface area contributed by atoms with Crippen LogP contribution in [0.5, 0.6) is 17.2 Å². The predicted octanol–water partition coefficient (Wildman–Crippen LogP) is 4.00. The third kappa shape index (κ3) is 5.01. The highest BCUT2D eigenvalue weighted by atomic mass is 35.5. The van der Waals surface area contributed by atoms with Crippen molar-refractivity contribution in [2.24, 2.45) is 0 Å². The molecule has 28 heavy (non-hydrogen) atoms. The molecule has 1 saturated carbocycles. The van der Waals surface area contributed by atoms with Crippen molar-refractivity contribution < 1.29 is 19.0 Å². The molecule has 0 aliphatic heterocycles. The van der Waals surface area contributed by atoms with Gasteiger partial charge in [0.15, 0.2) is 11.5 Å². The fourth-order valence-electron chi connectivity index (χ4n) is 3.59. The van der Waals surface area contributed by atoms with E-state index >= 15 is 0 Å². The number of nitrogens with one attached hydrogen (secondary N) is 2. The van der Waals surface area contributed by atoms with E-state index in [1.807, 2.05) is 12.1 Å². The molecular weight excluding hydrogens is 400 g/mol. The largest absolute Gasteiger partial charge is 0.494 e. The van der Waals surface area contributed by atoms with Crippen LogP contribution in [0.4, 0.5) is 0 Å². The second-order valence-corrected chi connectivity index (χ2v) is 7.76. The summed E-state index contributed by atoms with van der Waals surface area (Å²) in [6.07, 6.45) is 6.42. The molecule has 1 aliphatic rings. The van der Waals surface area contributed by atoms with E-state index in [9.17, 15) is 4.79 Å². The van der Waals surface area contributed by atoms with Gasteiger partial charge in [0.25, 0.3) is 5.91 Å². The van der Waals surface area contributed by atoms with Crippen molar-refractivity contribution in [1.29, 1.82) is 0 Å². The molecule has 0 radical (unpaired) electrons. The van der Waals surface area contributed by atoms with Crippen molar-refractivity contribution in [3.05, 3.63) is 17.0 Å². The third-order valence-electron chi connectivity index (χ3n) is 5.01. The molecule has 0 unspecified atom stereocenters. The van der Waals surface area contributed by atoms with Crippen molar-refractivity contribution in [3.8, 4) is 17.2 Å². The first-order chi connectivity index (χ1) is 13.2. The Balaban J connectivity index is 0.00000280. The zero-order valence-corrected chi connectivity index (χ0v) is 18.3. The van der Waals surface area contributed by atoms with E-state index in [4.69, 9.17) is 14.2 Å². The molecule has 1 aromatic carbocycles. The van der Waals surface area contributed by atoms with Gasteiger partial charge in [-0.3, -0.25) is 4.79 Å². The minimum atomic E-state index is -0.114. The topological polar surface area (TPSA) is 68.8 Å². The molecule has 0 bridgehead atoms. The Morgan fingerprint density at radius 3 is 2.36 bits per heavy atom. The average molecular weight is 429 g/mol. The van der Waals surface area contributed by atoms with Gasteiger partial charge in [-0.2, -0.15) is 0 Å². The zero-order valence-electron chi connectivity index (χ0n) is 16.6. The van der Waals surface area contributed by atoms with E-state index in [1.165, 1.54) is 43.4 Å². The number of hydrogen-bond donors (Lipinski definition) is 2. The molecule has 8 heteroatoms. The maximum Gasteiger partial charge on any atom is 0.265 e. The van der Waals surface area contributed by atoms with Gasteiger partial charge in [0, 0.05) is 35.3 Å². The van der Waals surface area contributed by atoms with Gasteiger partial charge < -0.3 is 24.8 Å². The van der Waals surface area contributed by atoms with Gasteiger partial charge in [0.2, 0.25) is 0 Å². The van der Waals surface area contributed by atoms with Crippen LogP contribution < -0.4 is 24.8 Å². The van der Waals surface area contributed by atoms with Crippen LogP contribution in [0, 0.1) is 0 Å². The molecule has 1 fully saturated rings.